The van der Waals surface area contributed by atoms with Crippen LogP contribution in [0.3, 0.4) is 0 Å². The molecule has 0 aliphatic carbocycles. The molecular formula is C14H14ClN3O3. The van der Waals surface area contributed by atoms with Crippen LogP contribution in [0.15, 0.2) is 30.0 Å². The SMILES string of the molecule is CCOC(=O)NC(=O)/C(C#N)=C/Nc1cccc(Cl)c1C. The second-order valence-electron chi connectivity index (χ2n) is 3.90. The summed E-state index contributed by atoms with van der Waals surface area (Å²) in [6, 6.07) is 6.90. The maximum atomic E-state index is 11.7. The summed E-state index contributed by atoms with van der Waals surface area (Å²) in [4.78, 5) is 22.8. The highest BCUT2D eigenvalue weighted by Gasteiger charge is 2.13. The summed E-state index contributed by atoms with van der Waals surface area (Å²) in [7, 11) is 0. The first-order valence-electron chi connectivity index (χ1n) is 6.09. The van der Waals surface area contributed by atoms with Gasteiger partial charge in [0.25, 0.3) is 5.91 Å². The molecule has 2 N–H and O–H groups in total. The smallest absolute Gasteiger partial charge is 0.414 e. The van der Waals surface area contributed by atoms with Crippen molar-refractivity contribution in [3.05, 3.63) is 40.6 Å². The van der Waals surface area contributed by atoms with Crippen molar-refractivity contribution in [1.82, 2.24) is 5.32 Å². The second kappa shape index (κ2) is 7.92. The van der Waals surface area contributed by atoms with Crippen molar-refractivity contribution in [2.75, 3.05) is 11.9 Å². The third-order valence-corrected chi connectivity index (χ3v) is 2.91. The third kappa shape index (κ3) is 4.82. The van der Waals surface area contributed by atoms with Gasteiger partial charge in [-0.05, 0) is 31.5 Å². The molecule has 1 rings (SSSR count). The van der Waals surface area contributed by atoms with Crippen LogP contribution in [-0.4, -0.2) is 18.6 Å². The predicted molar refractivity (Wildman–Crippen MR) is 78.7 cm³/mol. The van der Waals surface area contributed by atoms with Crippen molar-refractivity contribution in [2.24, 2.45) is 0 Å². The number of nitrogens with one attached hydrogen (secondary N) is 2. The van der Waals surface area contributed by atoms with E-state index in [1.165, 1.54) is 6.20 Å². The monoisotopic (exact) mass is 307 g/mol. The minimum Gasteiger partial charge on any atom is -0.450 e. The standard InChI is InChI=1S/C14H14ClN3O3/c1-3-21-14(20)18-13(19)10(7-16)8-17-12-6-4-5-11(15)9(12)2/h4-6,8,17H,3H2,1-2H3,(H,18,19,20)/b10-8+. The Morgan fingerprint density at radius 1 is 1.48 bits per heavy atom. The van der Waals surface area contributed by atoms with Crippen LogP contribution in [0.2, 0.25) is 5.02 Å². The Kier molecular flexibility index (Phi) is 6.24. The number of ether oxygens (including phenoxy) is 1. The maximum Gasteiger partial charge on any atom is 0.414 e. The van der Waals surface area contributed by atoms with Gasteiger partial charge in [-0.3, -0.25) is 10.1 Å². The molecule has 1 aromatic rings. The van der Waals surface area contributed by atoms with Crippen molar-refractivity contribution in [1.29, 1.82) is 5.26 Å². The van der Waals surface area contributed by atoms with Crippen LogP contribution < -0.4 is 10.6 Å². The van der Waals surface area contributed by atoms with Crippen LogP contribution in [-0.2, 0) is 9.53 Å². The Bertz CT molecular complexity index is 620. The van der Waals surface area contributed by atoms with Gasteiger partial charge >= 0.3 is 6.09 Å². The van der Waals surface area contributed by atoms with Crippen LogP contribution >= 0.6 is 11.6 Å². The lowest BCUT2D eigenvalue weighted by Crippen LogP contribution is -2.32. The number of hydrogen-bond acceptors (Lipinski definition) is 5. The summed E-state index contributed by atoms with van der Waals surface area (Å²) >= 11 is 5.96. The quantitative estimate of drug-likeness (QED) is 0.659. The van der Waals surface area contributed by atoms with Crippen LogP contribution in [0.5, 0.6) is 0 Å². The van der Waals surface area contributed by atoms with E-state index in [9.17, 15) is 9.59 Å². The van der Waals surface area contributed by atoms with Gasteiger partial charge in [0.05, 0.1) is 6.61 Å². The fraction of sp³-hybridized carbons (Fsp3) is 0.214. The molecule has 0 saturated heterocycles. The average Bonchev–Trinajstić information content (AvgIpc) is 2.44. The molecule has 0 aliphatic rings. The van der Waals surface area contributed by atoms with E-state index < -0.39 is 12.0 Å². The lowest BCUT2D eigenvalue weighted by molar-refractivity contribution is -0.116. The summed E-state index contributed by atoms with van der Waals surface area (Å²) in [5, 5.41) is 14.2. The van der Waals surface area contributed by atoms with E-state index in [1.54, 1.807) is 38.1 Å². The molecule has 0 bridgehead atoms. The fourth-order valence-corrected chi connectivity index (χ4v) is 1.56. The number of hydrogen-bond donors (Lipinski definition) is 2. The number of alkyl carbamates (subject to hydrolysis) is 1. The van der Waals surface area contributed by atoms with Gasteiger partial charge in [-0.2, -0.15) is 5.26 Å². The van der Waals surface area contributed by atoms with Gasteiger partial charge in [-0.15, -0.1) is 0 Å². The summed E-state index contributed by atoms with van der Waals surface area (Å²) < 4.78 is 4.56. The van der Waals surface area contributed by atoms with E-state index in [1.807, 2.05) is 5.32 Å². The summed E-state index contributed by atoms with van der Waals surface area (Å²) in [5.41, 5.74) is 1.17. The van der Waals surface area contributed by atoms with Gasteiger partial charge in [-0.1, -0.05) is 17.7 Å². The minimum absolute atomic E-state index is 0.130. The van der Waals surface area contributed by atoms with Crippen molar-refractivity contribution < 1.29 is 14.3 Å². The lowest BCUT2D eigenvalue weighted by atomic mass is 10.2. The highest BCUT2D eigenvalue weighted by Crippen LogP contribution is 2.22. The zero-order chi connectivity index (χ0) is 15.8. The van der Waals surface area contributed by atoms with E-state index in [0.717, 1.165) is 5.56 Å². The number of carbonyl (C=O) groups excluding carboxylic acids is 2. The number of anilines is 1. The first kappa shape index (κ1) is 16.5. The number of benzene rings is 1. The maximum absolute atomic E-state index is 11.7. The van der Waals surface area contributed by atoms with Gasteiger partial charge in [0.2, 0.25) is 0 Å². The molecule has 0 radical (unpaired) electrons. The first-order valence-corrected chi connectivity index (χ1v) is 6.47. The van der Waals surface area contributed by atoms with Crippen LogP contribution in [0.25, 0.3) is 0 Å². The molecule has 110 valence electrons. The Labute approximate surface area is 127 Å². The van der Waals surface area contributed by atoms with Gasteiger partial charge in [0, 0.05) is 16.9 Å². The zero-order valence-corrected chi connectivity index (χ0v) is 12.3. The molecule has 0 atom stereocenters. The van der Waals surface area contributed by atoms with E-state index in [2.05, 4.69) is 10.1 Å². The Morgan fingerprint density at radius 3 is 2.81 bits per heavy atom. The second-order valence-corrected chi connectivity index (χ2v) is 4.31. The van der Waals surface area contributed by atoms with Crippen LogP contribution in [0.4, 0.5) is 10.5 Å². The van der Waals surface area contributed by atoms with E-state index in [4.69, 9.17) is 16.9 Å². The molecule has 0 saturated carbocycles. The number of carbonyl (C=O) groups is 2. The highest BCUT2D eigenvalue weighted by atomic mass is 35.5. The van der Waals surface area contributed by atoms with Gasteiger partial charge in [0.15, 0.2) is 0 Å². The third-order valence-electron chi connectivity index (χ3n) is 2.50. The molecule has 0 spiro atoms. The number of rotatable bonds is 4. The zero-order valence-electron chi connectivity index (χ0n) is 11.6. The van der Waals surface area contributed by atoms with Gasteiger partial charge < -0.3 is 10.1 Å². The molecule has 0 aliphatic heterocycles. The van der Waals surface area contributed by atoms with E-state index >= 15 is 0 Å². The normalized spacial score (nSPS) is 10.5. The molecular weight excluding hydrogens is 294 g/mol. The van der Waals surface area contributed by atoms with E-state index in [0.29, 0.717) is 10.7 Å². The Hall–Kier alpha value is -2.52. The number of nitriles is 1. The average molecular weight is 308 g/mol. The van der Waals surface area contributed by atoms with Crippen molar-refractivity contribution in [3.8, 4) is 6.07 Å². The molecule has 2 amide bonds. The number of imide groups is 1. The number of nitrogens with zero attached hydrogens (tertiary/aromatic N) is 1. The van der Waals surface area contributed by atoms with Crippen LogP contribution in [0.1, 0.15) is 12.5 Å². The predicted octanol–water partition coefficient (Wildman–Crippen LogP) is 2.74. The fourth-order valence-electron chi connectivity index (χ4n) is 1.39. The highest BCUT2D eigenvalue weighted by molar-refractivity contribution is 6.31. The molecule has 0 fully saturated rings. The van der Waals surface area contributed by atoms with Crippen LogP contribution in [0, 0.1) is 18.3 Å². The number of amides is 2. The molecule has 6 nitrogen and oxygen atoms in total. The topological polar surface area (TPSA) is 91.2 Å². The molecule has 1 aromatic carbocycles. The molecule has 0 heterocycles. The molecule has 21 heavy (non-hydrogen) atoms. The van der Waals surface area contributed by atoms with E-state index in [-0.39, 0.29) is 12.2 Å². The van der Waals surface area contributed by atoms with Crippen molar-refractivity contribution in [2.45, 2.75) is 13.8 Å². The molecule has 0 aromatic heterocycles. The first-order chi connectivity index (χ1) is 9.99. The summed E-state index contributed by atoms with van der Waals surface area (Å²) in [5.74, 6) is -0.844. The van der Waals surface area contributed by atoms with Gasteiger partial charge in [0.1, 0.15) is 11.6 Å². The number of halogens is 1. The molecule has 0 unspecified atom stereocenters. The summed E-state index contributed by atoms with van der Waals surface area (Å²) in [6.45, 7) is 3.53. The lowest BCUT2D eigenvalue weighted by Gasteiger charge is -2.07. The summed E-state index contributed by atoms with van der Waals surface area (Å²) in [6.07, 6.45) is 0.301. The molecule has 7 heteroatoms. The largest absolute Gasteiger partial charge is 0.450 e. The van der Waals surface area contributed by atoms with Crippen molar-refractivity contribution in [3.63, 3.8) is 0 Å². The Balaban J connectivity index is 2.81. The van der Waals surface area contributed by atoms with Crippen molar-refractivity contribution >= 4 is 29.3 Å². The minimum atomic E-state index is -0.900. The van der Waals surface area contributed by atoms with Gasteiger partial charge in [-0.25, -0.2) is 4.79 Å². The Morgan fingerprint density at radius 2 is 2.19 bits per heavy atom.